The molecule has 2 rings (SSSR count). The Labute approximate surface area is 128 Å². The van der Waals surface area contributed by atoms with Crippen LogP contribution in [0.1, 0.15) is 47.0 Å². The van der Waals surface area contributed by atoms with E-state index in [2.05, 4.69) is 33.0 Å². The van der Waals surface area contributed by atoms with Crippen molar-refractivity contribution in [3.63, 3.8) is 0 Å². The Morgan fingerprint density at radius 2 is 1.95 bits per heavy atom. The van der Waals surface area contributed by atoms with E-state index >= 15 is 0 Å². The minimum absolute atomic E-state index is 0.175. The van der Waals surface area contributed by atoms with E-state index in [4.69, 9.17) is 4.74 Å². The van der Waals surface area contributed by atoms with E-state index in [-0.39, 0.29) is 5.41 Å². The average molecular weight is 301 g/mol. The van der Waals surface area contributed by atoms with E-state index in [0.29, 0.717) is 18.1 Å². The van der Waals surface area contributed by atoms with Gasteiger partial charge in [0.1, 0.15) is 0 Å². The fourth-order valence-corrected chi connectivity index (χ4v) is 4.32. The number of hydrogen-bond donors (Lipinski definition) is 2. The molecule has 1 saturated carbocycles. The van der Waals surface area contributed by atoms with Gasteiger partial charge in [0.15, 0.2) is 0 Å². The van der Waals surface area contributed by atoms with Crippen LogP contribution in [0.2, 0.25) is 0 Å². The highest BCUT2D eigenvalue weighted by Crippen LogP contribution is 2.43. The van der Waals surface area contributed by atoms with Crippen LogP contribution in [0.5, 0.6) is 0 Å². The first-order valence-electron chi connectivity index (χ1n) is 7.99. The summed E-state index contributed by atoms with van der Waals surface area (Å²) < 4.78 is 6.00. The van der Waals surface area contributed by atoms with E-state index in [1.165, 1.54) is 0 Å². The van der Waals surface area contributed by atoms with Crippen LogP contribution in [0.4, 0.5) is 0 Å². The SMILES string of the molecule is CC(C)COC1CC(NCC2(O)CCSCC2)C1(C)C. The topological polar surface area (TPSA) is 41.5 Å². The molecule has 1 saturated heterocycles. The summed E-state index contributed by atoms with van der Waals surface area (Å²) in [5.74, 6) is 2.77. The van der Waals surface area contributed by atoms with Gasteiger partial charge >= 0.3 is 0 Å². The lowest BCUT2D eigenvalue weighted by atomic mass is 9.64. The molecule has 0 spiro atoms. The summed E-state index contributed by atoms with van der Waals surface area (Å²) in [7, 11) is 0. The fraction of sp³-hybridized carbons (Fsp3) is 1.00. The van der Waals surface area contributed by atoms with Crippen molar-refractivity contribution in [1.82, 2.24) is 5.32 Å². The number of ether oxygens (including phenoxy) is 1. The van der Waals surface area contributed by atoms with Crippen molar-refractivity contribution < 1.29 is 9.84 Å². The number of aliphatic hydroxyl groups is 1. The summed E-state index contributed by atoms with van der Waals surface area (Å²) in [6, 6.07) is 0.471. The standard InChI is InChI=1S/C16H31NO2S/c1-12(2)10-19-14-9-13(15(14,3)4)17-11-16(18)5-7-20-8-6-16/h12-14,17-18H,5-11H2,1-4H3. The molecule has 2 fully saturated rings. The van der Waals surface area contributed by atoms with Crippen molar-refractivity contribution in [2.24, 2.45) is 11.3 Å². The first-order chi connectivity index (χ1) is 9.33. The maximum atomic E-state index is 10.5. The van der Waals surface area contributed by atoms with Crippen molar-refractivity contribution in [3.8, 4) is 0 Å². The lowest BCUT2D eigenvalue weighted by Crippen LogP contribution is -2.63. The molecule has 118 valence electrons. The molecule has 0 amide bonds. The van der Waals surface area contributed by atoms with Gasteiger partial charge in [-0.05, 0) is 36.7 Å². The van der Waals surface area contributed by atoms with Crippen LogP contribution in [-0.4, -0.2) is 47.5 Å². The van der Waals surface area contributed by atoms with Gasteiger partial charge in [-0.15, -0.1) is 0 Å². The third-order valence-corrected chi connectivity index (χ3v) is 5.90. The van der Waals surface area contributed by atoms with Gasteiger partial charge in [-0.2, -0.15) is 11.8 Å². The highest BCUT2D eigenvalue weighted by molar-refractivity contribution is 7.99. The van der Waals surface area contributed by atoms with Crippen LogP contribution in [0.25, 0.3) is 0 Å². The van der Waals surface area contributed by atoms with Gasteiger partial charge in [0.2, 0.25) is 0 Å². The molecule has 2 aliphatic rings. The van der Waals surface area contributed by atoms with E-state index in [1.807, 2.05) is 11.8 Å². The zero-order chi connectivity index (χ0) is 14.8. The Morgan fingerprint density at radius 3 is 2.50 bits per heavy atom. The Kier molecular flexibility index (Phi) is 5.44. The molecular formula is C16H31NO2S. The van der Waals surface area contributed by atoms with Gasteiger partial charge < -0.3 is 15.2 Å². The summed E-state index contributed by atoms with van der Waals surface area (Å²) >= 11 is 1.95. The molecular weight excluding hydrogens is 270 g/mol. The van der Waals surface area contributed by atoms with Crippen molar-refractivity contribution in [2.45, 2.75) is 64.7 Å². The van der Waals surface area contributed by atoms with Crippen LogP contribution in [0, 0.1) is 11.3 Å². The molecule has 2 unspecified atom stereocenters. The van der Waals surface area contributed by atoms with Gasteiger partial charge in [0, 0.05) is 24.6 Å². The highest BCUT2D eigenvalue weighted by atomic mass is 32.2. The molecule has 1 aliphatic heterocycles. The fourth-order valence-electron chi connectivity index (χ4n) is 3.06. The Hall–Kier alpha value is 0.230. The van der Waals surface area contributed by atoms with E-state index < -0.39 is 5.60 Å². The Bertz CT molecular complexity index is 314. The summed E-state index contributed by atoms with van der Waals surface area (Å²) in [5, 5.41) is 14.1. The van der Waals surface area contributed by atoms with Gasteiger partial charge in [0.25, 0.3) is 0 Å². The second kappa shape index (κ2) is 6.55. The molecule has 0 bridgehead atoms. The lowest BCUT2D eigenvalue weighted by Gasteiger charge is -2.53. The largest absolute Gasteiger partial charge is 0.389 e. The molecule has 2 N–H and O–H groups in total. The van der Waals surface area contributed by atoms with Gasteiger partial charge in [-0.25, -0.2) is 0 Å². The van der Waals surface area contributed by atoms with Gasteiger partial charge in [-0.1, -0.05) is 27.7 Å². The molecule has 4 heteroatoms. The van der Waals surface area contributed by atoms with Crippen molar-refractivity contribution in [1.29, 1.82) is 0 Å². The summed E-state index contributed by atoms with van der Waals surface area (Å²) in [5.41, 5.74) is -0.306. The molecule has 1 aliphatic carbocycles. The molecule has 0 radical (unpaired) electrons. The van der Waals surface area contributed by atoms with Gasteiger partial charge in [0.05, 0.1) is 11.7 Å². The maximum Gasteiger partial charge on any atom is 0.0787 e. The predicted octanol–water partition coefficient (Wildman–Crippen LogP) is 2.67. The molecule has 3 nitrogen and oxygen atoms in total. The molecule has 0 aromatic rings. The second-order valence-electron chi connectivity index (χ2n) is 7.54. The summed E-state index contributed by atoms with van der Waals surface area (Å²) in [6.07, 6.45) is 3.28. The third kappa shape index (κ3) is 3.90. The first-order valence-corrected chi connectivity index (χ1v) is 9.14. The zero-order valence-corrected chi connectivity index (χ0v) is 14.3. The molecule has 20 heavy (non-hydrogen) atoms. The molecule has 1 heterocycles. The van der Waals surface area contributed by atoms with Crippen LogP contribution in [0.15, 0.2) is 0 Å². The number of thioether (sulfide) groups is 1. The Morgan fingerprint density at radius 1 is 1.30 bits per heavy atom. The van der Waals surface area contributed by atoms with E-state index in [1.54, 1.807) is 0 Å². The predicted molar refractivity (Wildman–Crippen MR) is 86.3 cm³/mol. The van der Waals surface area contributed by atoms with Crippen LogP contribution in [0.3, 0.4) is 0 Å². The van der Waals surface area contributed by atoms with Crippen molar-refractivity contribution in [3.05, 3.63) is 0 Å². The number of rotatable bonds is 6. The minimum Gasteiger partial charge on any atom is -0.389 e. The molecule has 0 aromatic carbocycles. The number of nitrogens with one attached hydrogen (secondary N) is 1. The van der Waals surface area contributed by atoms with Gasteiger partial charge in [-0.3, -0.25) is 0 Å². The van der Waals surface area contributed by atoms with Crippen LogP contribution < -0.4 is 5.32 Å². The van der Waals surface area contributed by atoms with Crippen LogP contribution in [-0.2, 0) is 4.74 Å². The maximum absolute atomic E-state index is 10.5. The smallest absolute Gasteiger partial charge is 0.0787 e. The van der Waals surface area contributed by atoms with E-state index in [9.17, 15) is 5.11 Å². The first kappa shape index (κ1) is 16.6. The lowest BCUT2D eigenvalue weighted by molar-refractivity contribution is -0.127. The normalized spacial score (nSPS) is 32.1. The number of hydrogen-bond acceptors (Lipinski definition) is 4. The minimum atomic E-state index is -0.481. The highest BCUT2D eigenvalue weighted by Gasteiger charge is 2.49. The Balaban J connectivity index is 1.75. The zero-order valence-electron chi connectivity index (χ0n) is 13.4. The molecule has 0 aromatic heterocycles. The average Bonchev–Trinajstić information content (AvgIpc) is 2.37. The van der Waals surface area contributed by atoms with Crippen molar-refractivity contribution >= 4 is 11.8 Å². The quantitative estimate of drug-likeness (QED) is 0.791. The summed E-state index contributed by atoms with van der Waals surface area (Å²) in [4.78, 5) is 0. The third-order valence-electron chi connectivity index (χ3n) is 4.91. The van der Waals surface area contributed by atoms with Crippen molar-refractivity contribution in [2.75, 3.05) is 24.7 Å². The summed E-state index contributed by atoms with van der Waals surface area (Å²) in [6.45, 7) is 10.5. The van der Waals surface area contributed by atoms with E-state index in [0.717, 1.165) is 43.9 Å². The van der Waals surface area contributed by atoms with Crippen LogP contribution >= 0.6 is 11.8 Å². The molecule has 2 atom stereocenters. The second-order valence-corrected chi connectivity index (χ2v) is 8.77. The monoisotopic (exact) mass is 301 g/mol.